The zero-order valence-corrected chi connectivity index (χ0v) is 18.0. The summed E-state index contributed by atoms with van der Waals surface area (Å²) in [7, 11) is 1.56. The fourth-order valence-corrected chi connectivity index (χ4v) is 3.14. The minimum atomic E-state index is -0.447. The molecular weight excluding hydrogens is 376 g/mol. The second kappa shape index (κ2) is 11.2. The van der Waals surface area contributed by atoms with E-state index >= 15 is 0 Å². The number of rotatable bonds is 12. The van der Waals surface area contributed by atoms with Crippen LogP contribution in [0.4, 0.5) is 0 Å². The van der Waals surface area contributed by atoms with Crippen molar-refractivity contribution >= 4 is 18.1 Å². The van der Waals surface area contributed by atoms with Crippen LogP contribution in [0.1, 0.15) is 24.0 Å². The van der Waals surface area contributed by atoms with E-state index in [4.69, 9.17) is 14.5 Å². The molecule has 0 bridgehead atoms. The molecule has 0 aliphatic heterocycles. The van der Waals surface area contributed by atoms with Gasteiger partial charge in [0.25, 0.3) is 0 Å². The summed E-state index contributed by atoms with van der Waals surface area (Å²) in [4.78, 5) is 17.5. The molecule has 1 aromatic heterocycles. The number of hydrogen-bond acceptors (Lipinski definition) is 4. The Hall–Kier alpha value is -3.02. The highest BCUT2D eigenvalue weighted by atomic mass is 16.5. The van der Waals surface area contributed by atoms with E-state index in [-0.39, 0.29) is 24.9 Å². The third-order valence-electron chi connectivity index (χ3n) is 4.71. The van der Waals surface area contributed by atoms with E-state index in [0.29, 0.717) is 5.82 Å². The maximum Gasteiger partial charge on any atom is 0.164 e. The molecule has 0 saturated heterocycles. The molecule has 30 heavy (non-hydrogen) atoms. The third-order valence-corrected chi connectivity index (χ3v) is 4.71. The molecule has 0 N–H and O–H groups in total. The maximum atomic E-state index is 12.8. The van der Waals surface area contributed by atoms with Crippen molar-refractivity contribution in [2.75, 3.05) is 13.7 Å². The van der Waals surface area contributed by atoms with Crippen molar-refractivity contribution in [3.63, 3.8) is 0 Å². The van der Waals surface area contributed by atoms with Crippen LogP contribution in [0.15, 0.2) is 62.2 Å². The van der Waals surface area contributed by atoms with Gasteiger partial charge < -0.3 is 14.0 Å². The molecule has 1 heterocycles. The van der Waals surface area contributed by atoms with Gasteiger partial charge in [-0.3, -0.25) is 4.79 Å². The zero-order valence-electron chi connectivity index (χ0n) is 18.0. The van der Waals surface area contributed by atoms with Gasteiger partial charge in [0.1, 0.15) is 24.6 Å². The molecule has 1 aromatic carbocycles. The molecule has 5 nitrogen and oxygen atoms in total. The number of aryl methyl sites for hydroxylation is 1. The fourth-order valence-electron chi connectivity index (χ4n) is 3.14. The SMILES string of the molecule is C=Cc1nc(-c2ccc(C)cc2)c(CC(=O)COC(C=C)C(C=C)OC)n1/C=C/C. The van der Waals surface area contributed by atoms with E-state index in [9.17, 15) is 4.79 Å². The Morgan fingerprint density at radius 3 is 2.37 bits per heavy atom. The number of ketones is 1. The normalized spacial score (nSPS) is 13.2. The van der Waals surface area contributed by atoms with Gasteiger partial charge in [0.2, 0.25) is 0 Å². The monoisotopic (exact) mass is 406 g/mol. The second-order valence-corrected chi connectivity index (χ2v) is 6.85. The van der Waals surface area contributed by atoms with Crippen molar-refractivity contribution in [2.24, 2.45) is 0 Å². The predicted molar refractivity (Wildman–Crippen MR) is 123 cm³/mol. The van der Waals surface area contributed by atoms with Crippen LogP contribution in [0, 0.1) is 6.92 Å². The molecule has 0 aliphatic rings. The van der Waals surface area contributed by atoms with Crippen LogP contribution in [0.25, 0.3) is 23.5 Å². The van der Waals surface area contributed by atoms with Gasteiger partial charge in [-0.15, -0.1) is 13.2 Å². The Balaban J connectivity index is 2.32. The molecule has 0 amide bonds. The average Bonchev–Trinajstić information content (AvgIpc) is 3.09. The van der Waals surface area contributed by atoms with Crippen LogP contribution in [0.3, 0.4) is 0 Å². The van der Waals surface area contributed by atoms with Crippen molar-refractivity contribution in [2.45, 2.75) is 32.5 Å². The Labute approximate surface area is 179 Å². The minimum absolute atomic E-state index is 0.0673. The van der Waals surface area contributed by atoms with Crippen LogP contribution < -0.4 is 0 Å². The number of carbonyl (C=O) groups is 1. The molecule has 2 aromatic rings. The zero-order chi connectivity index (χ0) is 22.1. The van der Waals surface area contributed by atoms with Crippen molar-refractivity contribution in [3.8, 4) is 11.3 Å². The lowest BCUT2D eigenvalue weighted by atomic mass is 10.1. The van der Waals surface area contributed by atoms with Gasteiger partial charge in [0, 0.05) is 18.9 Å². The molecule has 0 saturated carbocycles. The van der Waals surface area contributed by atoms with Gasteiger partial charge in [-0.05, 0) is 19.9 Å². The summed E-state index contributed by atoms with van der Waals surface area (Å²) < 4.78 is 12.9. The Morgan fingerprint density at radius 1 is 1.17 bits per heavy atom. The van der Waals surface area contributed by atoms with Crippen LogP contribution >= 0.6 is 0 Å². The molecule has 0 fully saturated rings. The van der Waals surface area contributed by atoms with Gasteiger partial charge in [-0.25, -0.2) is 4.98 Å². The number of methoxy groups -OCH3 is 1. The first-order valence-electron chi connectivity index (χ1n) is 9.83. The number of ether oxygens (including phenoxy) is 2. The highest BCUT2D eigenvalue weighted by Gasteiger charge is 2.21. The minimum Gasteiger partial charge on any atom is -0.374 e. The Kier molecular flexibility index (Phi) is 8.71. The first-order valence-corrected chi connectivity index (χ1v) is 9.83. The van der Waals surface area contributed by atoms with E-state index < -0.39 is 6.10 Å². The van der Waals surface area contributed by atoms with Crippen molar-refractivity contribution in [1.29, 1.82) is 0 Å². The lowest BCUT2D eigenvalue weighted by Gasteiger charge is -2.20. The first-order chi connectivity index (χ1) is 14.5. The van der Waals surface area contributed by atoms with E-state index in [0.717, 1.165) is 22.5 Å². The number of nitrogens with zero attached hydrogens (tertiary/aromatic N) is 2. The number of Topliss-reactive ketones (excluding diaryl/α,β-unsaturated/α-hetero) is 1. The smallest absolute Gasteiger partial charge is 0.164 e. The summed E-state index contributed by atoms with van der Waals surface area (Å²) in [6, 6.07) is 8.08. The summed E-state index contributed by atoms with van der Waals surface area (Å²) in [5.41, 5.74) is 3.66. The maximum absolute atomic E-state index is 12.8. The first kappa shape index (κ1) is 23.3. The van der Waals surface area contributed by atoms with Gasteiger partial charge in [-0.1, -0.05) is 54.6 Å². The summed E-state index contributed by atoms with van der Waals surface area (Å²) in [6.07, 6.45) is 8.07. The topological polar surface area (TPSA) is 53.4 Å². The molecule has 2 atom stereocenters. The molecular formula is C25H30N2O3. The van der Waals surface area contributed by atoms with Crippen LogP contribution in [-0.4, -0.2) is 41.3 Å². The largest absolute Gasteiger partial charge is 0.374 e. The van der Waals surface area contributed by atoms with Crippen LogP contribution in [0.2, 0.25) is 0 Å². The summed E-state index contributed by atoms with van der Waals surface area (Å²) >= 11 is 0. The van der Waals surface area contributed by atoms with E-state index in [1.807, 2.05) is 55.0 Å². The van der Waals surface area contributed by atoms with E-state index in [1.54, 1.807) is 25.3 Å². The highest BCUT2D eigenvalue weighted by molar-refractivity contribution is 5.84. The van der Waals surface area contributed by atoms with Crippen LogP contribution in [0.5, 0.6) is 0 Å². The number of carbonyl (C=O) groups excluding carboxylic acids is 1. The molecule has 2 unspecified atom stereocenters. The summed E-state index contributed by atoms with van der Waals surface area (Å²) in [5.74, 6) is 0.609. The quantitative estimate of drug-likeness (QED) is 0.472. The van der Waals surface area contributed by atoms with Gasteiger partial charge >= 0.3 is 0 Å². The molecule has 158 valence electrons. The number of hydrogen-bond donors (Lipinski definition) is 0. The van der Waals surface area contributed by atoms with Gasteiger partial charge in [0.15, 0.2) is 5.78 Å². The molecule has 0 spiro atoms. The molecule has 2 rings (SSSR count). The summed E-state index contributed by atoms with van der Waals surface area (Å²) in [5, 5.41) is 0. The Bertz CT molecular complexity index is 923. The molecule has 5 heteroatoms. The average molecular weight is 407 g/mol. The van der Waals surface area contributed by atoms with E-state index in [1.165, 1.54) is 0 Å². The Morgan fingerprint density at radius 2 is 1.83 bits per heavy atom. The standard InChI is InChI=1S/C25H30N2O3/c1-7-15-27-21(16-20(28)17-30-23(9-3)22(8-2)29-6)25(26-24(27)10-4)19-13-11-18(5)12-14-19/h7-15,22-23H,2-4,16-17H2,1,5-6H3/b15-7+. The molecule has 0 aliphatic carbocycles. The van der Waals surface area contributed by atoms with Crippen molar-refractivity contribution in [3.05, 3.63) is 79.3 Å². The molecule has 0 radical (unpaired) electrons. The second-order valence-electron chi connectivity index (χ2n) is 6.85. The number of benzene rings is 1. The van der Waals surface area contributed by atoms with Crippen molar-refractivity contribution in [1.82, 2.24) is 9.55 Å². The number of allylic oxidation sites excluding steroid dienone is 1. The highest BCUT2D eigenvalue weighted by Crippen LogP contribution is 2.26. The summed E-state index contributed by atoms with van der Waals surface area (Å²) in [6.45, 7) is 15.2. The predicted octanol–water partition coefficient (Wildman–Crippen LogP) is 4.88. The number of aromatic nitrogens is 2. The van der Waals surface area contributed by atoms with Crippen LogP contribution in [-0.2, 0) is 20.7 Å². The number of imidazole rings is 1. The lowest BCUT2D eigenvalue weighted by molar-refractivity contribution is -0.125. The fraction of sp³-hybridized carbons (Fsp3) is 0.280. The third kappa shape index (κ3) is 5.53. The van der Waals surface area contributed by atoms with Crippen molar-refractivity contribution < 1.29 is 14.3 Å². The van der Waals surface area contributed by atoms with E-state index in [2.05, 4.69) is 19.7 Å². The van der Waals surface area contributed by atoms with Gasteiger partial charge in [-0.2, -0.15) is 0 Å². The lowest BCUT2D eigenvalue weighted by Crippen LogP contribution is -2.29. The van der Waals surface area contributed by atoms with Gasteiger partial charge in [0.05, 0.1) is 17.8 Å².